The van der Waals surface area contributed by atoms with Gasteiger partial charge in [-0.2, -0.15) is 12.6 Å². The number of thiol groups is 1. The Hall–Kier alpha value is -0.220. The van der Waals surface area contributed by atoms with Gasteiger partial charge in [0.1, 0.15) is 0 Å². The maximum Gasteiger partial charge on any atom is 0.221 e. The molecule has 0 aromatic heterocycles. The standard InChI is InChI=1S/C7H16N2OS/c1-9(2)5-6(3-4-11)7(8)10/h6,11H,3-5H2,1-2H3,(H2,8,10). The van der Waals surface area contributed by atoms with Crippen molar-refractivity contribution in [2.75, 3.05) is 26.4 Å². The van der Waals surface area contributed by atoms with Gasteiger partial charge in [-0.05, 0) is 26.3 Å². The second kappa shape index (κ2) is 5.43. The minimum Gasteiger partial charge on any atom is -0.369 e. The first-order chi connectivity index (χ1) is 5.07. The van der Waals surface area contributed by atoms with Crippen molar-refractivity contribution in [2.24, 2.45) is 11.7 Å². The summed E-state index contributed by atoms with van der Waals surface area (Å²) in [5.74, 6) is 0.428. The first-order valence-electron chi connectivity index (χ1n) is 3.62. The highest BCUT2D eigenvalue weighted by molar-refractivity contribution is 7.80. The van der Waals surface area contributed by atoms with E-state index in [0.29, 0.717) is 5.75 Å². The summed E-state index contributed by atoms with van der Waals surface area (Å²) in [6.07, 6.45) is 0.761. The van der Waals surface area contributed by atoms with Crippen LogP contribution in [0, 0.1) is 5.92 Å². The summed E-state index contributed by atoms with van der Waals surface area (Å²) < 4.78 is 0. The molecule has 0 heterocycles. The highest BCUT2D eigenvalue weighted by atomic mass is 32.1. The SMILES string of the molecule is CN(C)CC(CCS)C(N)=O. The summed E-state index contributed by atoms with van der Waals surface area (Å²) in [4.78, 5) is 12.7. The number of primary amides is 1. The van der Waals surface area contributed by atoms with Gasteiger partial charge in [0.2, 0.25) is 5.91 Å². The van der Waals surface area contributed by atoms with Gasteiger partial charge in [0.05, 0.1) is 5.92 Å². The fourth-order valence-corrected chi connectivity index (χ4v) is 1.23. The smallest absolute Gasteiger partial charge is 0.221 e. The molecule has 0 saturated carbocycles. The topological polar surface area (TPSA) is 46.3 Å². The molecule has 0 bridgehead atoms. The lowest BCUT2D eigenvalue weighted by Crippen LogP contribution is -2.32. The minimum absolute atomic E-state index is 0.0532. The van der Waals surface area contributed by atoms with E-state index in [9.17, 15) is 4.79 Å². The van der Waals surface area contributed by atoms with Crippen LogP contribution in [0.5, 0.6) is 0 Å². The molecule has 0 aromatic rings. The Morgan fingerprint density at radius 1 is 1.64 bits per heavy atom. The van der Waals surface area contributed by atoms with Gasteiger partial charge in [0, 0.05) is 6.54 Å². The minimum atomic E-state index is -0.229. The number of hydrogen-bond acceptors (Lipinski definition) is 3. The molecule has 4 heteroatoms. The predicted molar refractivity (Wildman–Crippen MR) is 49.7 cm³/mol. The van der Waals surface area contributed by atoms with Gasteiger partial charge in [-0.3, -0.25) is 4.79 Å². The van der Waals surface area contributed by atoms with Crippen molar-refractivity contribution in [1.29, 1.82) is 0 Å². The first kappa shape index (κ1) is 10.8. The average molecular weight is 176 g/mol. The number of amides is 1. The predicted octanol–water partition coefficient (Wildman–Crippen LogP) is -0.0306. The quantitative estimate of drug-likeness (QED) is 0.578. The molecule has 11 heavy (non-hydrogen) atoms. The molecule has 66 valence electrons. The molecule has 0 aromatic carbocycles. The zero-order valence-corrected chi connectivity index (χ0v) is 7.97. The Balaban J connectivity index is 3.79. The van der Waals surface area contributed by atoms with Crippen molar-refractivity contribution < 1.29 is 4.79 Å². The molecule has 1 atom stereocenters. The molecule has 1 amide bonds. The second-order valence-electron chi connectivity index (χ2n) is 2.87. The Bertz CT molecular complexity index is 128. The Morgan fingerprint density at radius 3 is 2.45 bits per heavy atom. The summed E-state index contributed by atoms with van der Waals surface area (Å²) >= 11 is 4.05. The molecule has 0 fully saturated rings. The highest BCUT2D eigenvalue weighted by Crippen LogP contribution is 2.04. The van der Waals surface area contributed by atoms with Crippen LogP contribution >= 0.6 is 12.6 Å². The van der Waals surface area contributed by atoms with Crippen LogP contribution in [0.1, 0.15) is 6.42 Å². The number of rotatable bonds is 5. The summed E-state index contributed by atoms with van der Waals surface area (Å²) in [5, 5.41) is 0. The maximum absolute atomic E-state index is 10.8. The fourth-order valence-electron chi connectivity index (χ4n) is 0.920. The van der Waals surface area contributed by atoms with Crippen molar-refractivity contribution in [1.82, 2.24) is 4.90 Å². The van der Waals surface area contributed by atoms with E-state index in [4.69, 9.17) is 5.73 Å². The molecule has 0 spiro atoms. The molecular weight excluding hydrogens is 160 g/mol. The molecule has 0 radical (unpaired) electrons. The fraction of sp³-hybridized carbons (Fsp3) is 0.857. The van der Waals surface area contributed by atoms with E-state index in [2.05, 4.69) is 12.6 Å². The second-order valence-corrected chi connectivity index (χ2v) is 3.32. The van der Waals surface area contributed by atoms with Crippen LogP contribution in [0.3, 0.4) is 0 Å². The molecule has 0 aliphatic carbocycles. The van der Waals surface area contributed by atoms with E-state index in [1.54, 1.807) is 0 Å². The van der Waals surface area contributed by atoms with Crippen LogP contribution in [0.2, 0.25) is 0 Å². The Labute approximate surface area is 73.3 Å². The highest BCUT2D eigenvalue weighted by Gasteiger charge is 2.14. The lowest BCUT2D eigenvalue weighted by molar-refractivity contribution is -0.122. The molecule has 0 aliphatic heterocycles. The molecule has 2 N–H and O–H groups in total. The number of carbonyl (C=O) groups excluding carboxylic acids is 1. The van der Waals surface area contributed by atoms with Crippen LogP contribution in [0.25, 0.3) is 0 Å². The lowest BCUT2D eigenvalue weighted by Gasteiger charge is -2.16. The van der Waals surface area contributed by atoms with Crippen LogP contribution < -0.4 is 5.73 Å². The monoisotopic (exact) mass is 176 g/mol. The van der Waals surface area contributed by atoms with Gasteiger partial charge < -0.3 is 10.6 Å². The number of nitrogens with zero attached hydrogens (tertiary/aromatic N) is 1. The van der Waals surface area contributed by atoms with Crippen molar-refractivity contribution in [3.05, 3.63) is 0 Å². The van der Waals surface area contributed by atoms with E-state index >= 15 is 0 Å². The summed E-state index contributed by atoms with van der Waals surface area (Å²) in [6, 6.07) is 0. The maximum atomic E-state index is 10.8. The third-order valence-corrected chi connectivity index (χ3v) is 1.72. The molecule has 0 rings (SSSR count). The van der Waals surface area contributed by atoms with Gasteiger partial charge in [-0.1, -0.05) is 0 Å². The van der Waals surface area contributed by atoms with Crippen LogP contribution in [0.4, 0.5) is 0 Å². The van der Waals surface area contributed by atoms with Gasteiger partial charge in [-0.15, -0.1) is 0 Å². The Morgan fingerprint density at radius 2 is 2.18 bits per heavy atom. The molecule has 1 unspecified atom stereocenters. The van der Waals surface area contributed by atoms with Crippen molar-refractivity contribution in [2.45, 2.75) is 6.42 Å². The van der Waals surface area contributed by atoms with Gasteiger partial charge in [-0.25, -0.2) is 0 Å². The van der Waals surface area contributed by atoms with Gasteiger partial charge in [0.25, 0.3) is 0 Å². The van der Waals surface area contributed by atoms with Crippen molar-refractivity contribution in [3.8, 4) is 0 Å². The van der Waals surface area contributed by atoms with Gasteiger partial charge in [0.15, 0.2) is 0 Å². The lowest BCUT2D eigenvalue weighted by atomic mass is 10.1. The van der Waals surface area contributed by atoms with Crippen LogP contribution in [0.15, 0.2) is 0 Å². The Kier molecular flexibility index (Phi) is 5.32. The summed E-state index contributed by atoms with van der Waals surface area (Å²) in [6.45, 7) is 0.718. The average Bonchev–Trinajstić information content (AvgIpc) is 1.86. The largest absolute Gasteiger partial charge is 0.369 e. The third-order valence-electron chi connectivity index (χ3n) is 1.47. The van der Waals surface area contributed by atoms with E-state index in [1.807, 2.05) is 19.0 Å². The van der Waals surface area contributed by atoms with Crippen LogP contribution in [-0.2, 0) is 4.79 Å². The van der Waals surface area contributed by atoms with E-state index < -0.39 is 0 Å². The molecule has 3 nitrogen and oxygen atoms in total. The third kappa shape index (κ3) is 5.09. The first-order valence-corrected chi connectivity index (χ1v) is 4.26. The normalized spacial score (nSPS) is 13.5. The number of carbonyl (C=O) groups is 1. The van der Waals surface area contributed by atoms with E-state index in [1.165, 1.54) is 0 Å². The molecule has 0 aliphatic rings. The van der Waals surface area contributed by atoms with Crippen molar-refractivity contribution >= 4 is 18.5 Å². The molecule has 0 saturated heterocycles. The van der Waals surface area contributed by atoms with Crippen LogP contribution in [-0.4, -0.2) is 37.2 Å². The van der Waals surface area contributed by atoms with E-state index in [-0.39, 0.29) is 11.8 Å². The summed E-state index contributed by atoms with van der Waals surface area (Å²) in [7, 11) is 3.85. The van der Waals surface area contributed by atoms with Gasteiger partial charge >= 0.3 is 0 Å². The number of hydrogen-bond donors (Lipinski definition) is 2. The zero-order valence-electron chi connectivity index (χ0n) is 7.08. The van der Waals surface area contributed by atoms with E-state index in [0.717, 1.165) is 13.0 Å². The zero-order chi connectivity index (χ0) is 8.85. The number of nitrogens with two attached hydrogens (primary N) is 1. The van der Waals surface area contributed by atoms with Crippen molar-refractivity contribution in [3.63, 3.8) is 0 Å². The molecular formula is C7H16N2OS. The summed E-state index contributed by atoms with van der Waals surface area (Å²) in [5.41, 5.74) is 5.17.